The number of hydrogen-bond donors (Lipinski definition) is 1. The average Bonchev–Trinajstić information content (AvgIpc) is 3.23. The van der Waals surface area contributed by atoms with Gasteiger partial charge in [-0.15, -0.1) is 0 Å². The van der Waals surface area contributed by atoms with Crippen LogP contribution >= 0.6 is 23.2 Å². The van der Waals surface area contributed by atoms with Crippen molar-refractivity contribution in [3.63, 3.8) is 0 Å². The maximum atomic E-state index is 12.2. The first-order valence-corrected chi connectivity index (χ1v) is 7.21. The number of nitrogens with one attached hydrogen (secondary N) is 1. The zero-order valence-corrected chi connectivity index (χ0v) is 12.2. The van der Waals surface area contributed by atoms with Crippen LogP contribution in [0.15, 0.2) is 48.5 Å². The van der Waals surface area contributed by atoms with Gasteiger partial charge in [0.25, 0.3) is 0 Å². The molecule has 1 aliphatic rings. The first kappa shape index (κ1) is 13.5. The number of amides is 1. The number of carbonyl (C=O) groups excluding carboxylic acids is 1. The van der Waals surface area contributed by atoms with E-state index < -0.39 is 0 Å². The number of halogens is 2. The Hall–Kier alpha value is -1.51. The molecule has 1 N–H and O–H groups in total. The number of carbonyl (C=O) groups is 1. The van der Waals surface area contributed by atoms with Gasteiger partial charge >= 0.3 is 0 Å². The van der Waals surface area contributed by atoms with Crippen molar-refractivity contribution in [2.24, 2.45) is 5.92 Å². The summed E-state index contributed by atoms with van der Waals surface area (Å²) in [7, 11) is 0. The molecule has 3 rings (SSSR count). The highest BCUT2D eigenvalue weighted by Gasteiger charge is 2.43. The Morgan fingerprint density at radius 1 is 1.10 bits per heavy atom. The largest absolute Gasteiger partial charge is 0.325 e. The van der Waals surface area contributed by atoms with Gasteiger partial charge in [0.05, 0.1) is 10.7 Å². The summed E-state index contributed by atoms with van der Waals surface area (Å²) in [5.74, 6) is 0.370. The van der Waals surface area contributed by atoms with Crippen LogP contribution in [0.25, 0.3) is 0 Å². The third-order valence-corrected chi connectivity index (χ3v) is 4.09. The number of anilines is 1. The molecule has 0 radical (unpaired) electrons. The molecular formula is C16H13Cl2NO. The Morgan fingerprint density at radius 2 is 1.85 bits per heavy atom. The Balaban J connectivity index is 1.67. The third kappa shape index (κ3) is 2.82. The van der Waals surface area contributed by atoms with Gasteiger partial charge in [-0.25, -0.2) is 0 Å². The van der Waals surface area contributed by atoms with Gasteiger partial charge in [0.2, 0.25) is 5.91 Å². The van der Waals surface area contributed by atoms with Crippen molar-refractivity contribution >= 4 is 34.8 Å². The van der Waals surface area contributed by atoms with Crippen LogP contribution in [0.1, 0.15) is 17.9 Å². The number of hydrogen-bond acceptors (Lipinski definition) is 1. The molecular weight excluding hydrogens is 293 g/mol. The quantitative estimate of drug-likeness (QED) is 0.872. The van der Waals surface area contributed by atoms with Gasteiger partial charge < -0.3 is 5.32 Å². The van der Waals surface area contributed by atoms with Gasteiger partial charge in [-0.1, -0.05) is 53.5 Å². The molecule has 1 amide bonds. The van der Waals surface area contributed by atoms with Crippen LogP contribution in [-0.4, -0.2) is 5.91 Å². The lowest BCUT2D eigenvalue weighted by atomic mass is 10.1. The maximum Gasteiger partial charge on any atom is 0.228 e. The van der Waals surface area contributed by atoms with E-state index in [0.717, 1.165) is 6.42 Å². The zero-order chi connectivity index (χ0) is 14.1. The summed E-state index contributed by atoms with van der Waals surface area (Å²) in [5, 5.41) is 3.89. The second-order valence-corrected chi connectivity index (χ2v) is 5.82. The van der Waals surface area contributed by atoms with Crippen molar-refractivity contribution in [3.8, 4) is 0 Å². The topological polar surface area (TPSA) is 29.1 Å². The fourth-order valence-electron chi connectivity index (χ4n) is 2.37. The van der Waals surface area contributed by atoms with E-state index in [1.54, 1.807) is 18.2 Å². The molecule has 2 aromatic rings. The van der Waals surface area contributed by atoms with E-state index in [-0.39, 0.29) is 11.8 Å². The van der Waals surface area contributed by atoms with Crippen molar-refractivity contribution in [2.75, 3.05) is 5.32 Å². The third-order valence-electron chi connectivity index (χ3n) is 3.54. The minimum Gasteiger partial charge on any atom is -0.325 e. The highest BCUT2D eigenvalue weighted by Crippen LogP contribution is 2.48. The van der Waals surface area contributed by atoms with Crippen LogP contribution in [0.5, 0.6) is 0 Å². The van der Waals surface area contributed by atoms with Crippen LogP contribution in [0.4, 0.5) is 5.69 Å². The predicted octanol–water partition coefficient (Wildman–Crippen LogP) is 4.74. The molecule has 20 heavy (non-hydrogen) atoms. The van der Waals surface area contributed by atoms with E-state index in [2.05, 4.69) is 17.4 Å². The van der Waals surface area contributed by atoms with Crippen molar-refractivity contribution in [2.45, 2.75) is 12.3 Å². The smallest absolute Gasteiger partial charge is 0.228 e. The maximum absolute atomic E-state index is 12.2. The Kier molecular flexibility index (Phi) is 3.68. The first-order chi connectivity index (χ1) is 9.65. The van der Waals surface area contributed by atoms with Gasteiger partial charge in [0, 0.05) is 10.9 Å². The van der Waals surface area contributed by atoms with Gasteiger partial charge in [0.15, 0.2) is 0 Å². The molecule has 0 aliphatic heterocycles. The molecule has 2 aromatic carbocycles. The molecule has 1 saturated carbocycles. The molecule has 0 bridgehead atoms. The summed E-state index contributed by atoms with van der Waals surface area (Å²) < 4.78 is 0. The van der Waals surface area contributed by atoms with E-state index in [0.29, 0.717) is 21.7 Å². The Labute approximate surface area is 127 Å². The lowest BCUT2D eigenvalue weighted by Gasteiger charge is -2.07. The molecule has 0 heterocycles. The van der Waals surface area contributed by atoms with Crippen LogP contribution < -0.4 is 5.32 Å². The molecule has 1 fully saturated rings. The Morgan fingerprint density at radius 3 is 2.55 bits per heavy atom. The van der Waals surface area contributed by atoms with Crippen LogP contribution in [-0.2, 0) is 4.79 Å². The SMILES string of the molecule is O=C(Nc1ccc(Cl)cc1Cl)[C@H]1C[C@H]1c1ccccc1. The lowest BCUT2D eigenvalue weighted by Crippen LogP contribution is -2.14. The van der Waals surface area contributed by atoms with E-state index in [1.165, 1.54) is 5.56 Å². The molecule has 0 aromatic heterocycles. The summed E-state index contributed by atoms with van der Waals surface area (Å²) >= 11 is 11.9. The summed E-state index contributed by atoms with van der Waals surface area (Å²) in [5.41, 5.74) is 1.83. The van der Waals surface area contributed by atoms with Crippen LogP contribution in [0, 0.1) is 5.92 Å². The molecule has 4 heteroatoms. The lowest BCUT2D eigenvalue weighted by molar-refractivity contribution is -0.117. The zero-order valence-electron chi connectivity index (χ0n) is 10.6. The Bertz CT molecular complexity index is 642. The normalized spacial score (nSPS) is 20.5. The second kappa shape index (κ2) is 5.47. The fourth-order valence-corrected chi connectivity index (χ4v) is 2.83. The summed E-state index contributed by atoms with van der Waals surface area (Å²) in [4.78, 5) is 12.2. The standard InChI is InChI=1S/C16H13Cl2NO/c17-11-6-7-15(14(18)8-11)19-16(20)13-9-12(13)10-4-2-1-3-5-10/h1-8,12-13H,9H2,(H,19,20)/t12-,13-/m0/s1. The van der Waals surface area contributed by atoms with Crippen molar-refractivity contribution in [1.82, 2.24) is 0 Å². The molecule has 102 valence electrons. The highest BCUT2D eigenvalue weighted by molar-refractivity contribution is 6.36. The summed E-state index contributed by atoms with van der Waals surface area (Å²) in [6.07, 6.45) is 0.890. The predicted molar refractivity (Wildman–Crippen MR) is 82.4 cm³/mol. The fraction of sp³-hybridized carbons (Fsp3) is 0.188. The molecule has 0 saturated heterocycles. The van der Waals surface area contributed by atoms with E-state index in [1.807, 2.05) is 18.2 Å². The minimum atomic E-state index is 0.0167. The van der Waals surface area contributed by atoms with Crippen LogP contribution in [0.2, 0.25) is 10.0 Å². The van der Waals surface area contributed by atoms with Crippen molar-refractivity contribution in [3.05, 3.63) is 64.1 Å². The summed E-state index contributed by atoms with van der Waals surface area (Å²) in [6, 6.07) is 15.2. The molecule has 1 aliphatic carbocycles. The van der Waals surface area contributed by atoms with E-state index >= 15 is 0 Å². The van der Waals surface area contributed by atoms with E-state index in [4.69, 9.17) is 23.2 Å². The number of benzene rings is 2. The van der Waals surface area contributed by atoms with Crippen LogP contribution in [0.3, 0.4) is 0 Å². The van der Waals surface area contributed by atoms with E-state index in [9.17, 15) is 4.79 Å². The molecule has 0 spiro atoms. The molecule has 2 nitrogen and oxygen atoms in total. The molecule has 2 atom stereocenters. The number of rotatable bonds is 3. The highest BCUT2D eigenvalue weighted by atomic mass is 35.5. The van der Waals surface area contributed by atoms with Gasteiger partial charge in [0.1, 0.15) is 0 Å². The molecule has 0 unspecified atom stereocenters. The van der Waals surface area contributed by atoms with Crippen molar-refractivity contribution < 1.29 is 4.79 Å². The minimum absolute atomic E-state index is 0.0167. The monoisotopic (exact) mass is 305 g/mol. The second-order valence-electron chi connectivity index (χ2n) is 4.97. The van der Waals surface area contributed by atoms with Gasteiger partial charge in [-0.2, -0.15) is 0 Å². The summed E-state index contributed by atoms with van der Waals surface area (Å²) in [6.45, 7) is 0. The van der Waals surface area contributed by atoms with Gasteiger partial charge in [-0.05, 0) is 36.1 Å². The average molecular weight is 306 g/mol. The first-order valence-electron chi connectivity index (χ1n) is 6.46. The van der Waals surface area contributed by atoms with Crippen molar-refractivity contribution in [1.29, 1.82) is 0 Å². The van der Waals surface area contributed by atoms with Gasteiger partial charge in [-0.3, -0.25) is 4.79 Å².